The molecule has 0 bridgehead atoms. The van der Waals surface area contributed by atoms with Gasteiger partial charge < -0.3 is 29.5 Å². The van der Waals surface area contributed by atoms with E-state index in [9.17, 15) is 20.1 Å². The molecule has 7 heteroatoms. The summed E-state index contributed by atoms with van der Waals surface area (Å²) in [6.45, 7) is 6.21. The first-order chi connectivity index (χ1) is 8.58. The maximum absolute atomic E-state index is 11.2. The summed E-state index contributed by atoms with van der Waals surface area (Å²) in [5.41, 5.74) is -2.70. The summed E-state index contributed by atoms with van der Waals surface area (Å²) in [5.74, 6) is -1.81. The first-order valence-electron chi connectivity index (χ1n) is 6.22. The van der Waals surface area contributed by atoms with Crippen LogP contribution in [-0.2, 0) is 14.2 Å². The van der Waals surface area contributed by atoms with Gasteiger partial charge in [-0.1, -0.05) is 13.8 Å². The molecule has 0 aromatic carbocycles. The number of hydrogen-bond donors (Lipinski definition) is 3. The highest BCUT2D eigenvalue weighted by atomic mass is 16.7. The summed E-state index contributed by atoms with van der Waals surface area (Å²) in [6.07, 6.45) is -3.52. The van der Waals surface area contributed by atoms with Crippen molar-refractivity contribution >= 4 is 6.16 Å². The molecule has 0 aromatic rings. The van der Waals surface area contributed by atoms with Gasteiger partial charge in [0.15, 0.2) is 5.60 Å². The van der Waals surface area contributed by atoms with E-state index in [0.717, 1.165) is 0 Å². The van der Waals surface area contributed by atoms with Crippen LogP contribution in [0.4, 0.5) is 4.79 Å². The van der Waals surface area contributed by atoms with Crippen molar-refractivity contribution < 1.29 is 34.3 Å². The Morgan fingerprint density at radius 2 is 1.95 bits per heavy atom. The first-order valence-corrected chi connectivity index (χ1v) is 6.22. The Hall–Kier alpha value is -0.890. The van der Waals surface area contributed by atoms with E-state index in [-0.39, 0.29) is 12.7 Å². The van der Waals surface area contributed by atoms with Crippen molar-refractivity contribution in [3.05, 3.63) is 0 Å². The van der Waals surface area contributed by atoms with E-state index in [2.05, 4.69) is 0 Å². The number of carbonyl (C=O) groups excluding carboxylic acids is 1. The van der Waals surface area contributed by atoms with Gasteiger partial charge in [-0.05, 0) is 13.8 Å². The van der Waals surface area contributed by atoms with Crippen LogP contribution in [0.3, 0.4) is 0 Å². The number of hydrogen-bond acceptors (Lipinski definition) is 7. The Kier molecular flexibility index (Phi) is 3.10. The Labute approximate surface area is 111 Å². The zero-order valence-corrected chi connectivity index (χ0v) is 11.4. The van der Waals surface area contributed by atoms with Crippen molar-refractivity contribution in [2.45, 2.75) is 57.4 Å². The third kappa shape index (κ3) is 1.69. The fourth-order valence-electron chi connectivity index (χ4n) is 2.68. The lowest BCUT2D eigenvalue weighted by atomic mass is 9.98. The highest BCUT2D eigenvalue weighted by Gasteiger charge is 2.92. The molecule has 0 amide bonds. The minimum absolute atomic E-state index is 0.298. The van der Waals surface area contributed by atoms with Gasteiger partial charge in [0, 0.05) is 0 Å². The maximum Gasteiger partial charge on any atom is 0.508 e. The van der Waals surface area contributed by atoms with E-state index in [1.165, 1.54) is 0 Å². The van der Waals surface area contributed by atoms with E-state index in [4.69, 9.17) is 14.2 Å². The molecule has 1 heterocycles. The molecule has 2 fully saturated rings. The molecule has 1 saturated heterocycles. The molecular weight excluding hydrogens is 256 g/mol. The predicted molar refractivity (Wildman–Crippen MR) is 62.1 cm³/mol. The van der Waals surface area contributed by atoms with Crippen molar-refractivity contribution in [2.24, 2.45) is 5.41 Å². The van der Waals surface area contributed by atoms with Gasteiger partial charge in [0.2, 0.25) is 5.79 Å². The van der Waals surface area contributed by atoms with Gasteiger partial charge in [-0.25, -0.2) is 4.79 Å². The Morgan fingerprint density at radius 1 is 1.37 bits per heavy atom. The second-order valence-electron chi connectivity index (χ2n) is 5.86. The van der Waals surface area contributed by atoms with Crippen molar-refractivity contribution in [1.29, 1.82) is 0 Å². The number of fused-ring (bicyclic) bond motifs is 1. The molecule has 3 N–H and O–H groups in total. The Morgan fingerprint density at radius 3 is 2.37 bits per heavy atom. The molecule has 1 aliphatic carbocycles. The van der Waals surface area contributed by atoms with Crippen LogP contribution in [0.25, 0.3) is 0 Å². The minimum atomic E-state index is -1.81. The molecule has 2 rings (SSSR count). The van der Waals surface area contributed by atoms with Crippen molar-refractivity contribution in [1.82, 2.24) is 0 Å². The van der Waals surface area contributed by atoms with E-state index < -0.39 is 35.2 Å². The van der Waals surface area contributed by atoms with Gasteiger partial charge in [0.05, 0.1) is 11.5 Å². The number of rotatable bonds is 3. The standard InChI is InChI=1S/C12H20O7/c1-6(2)18-9(14)17-5-7-8(13)11(15)10(3,4)12(11,16)19-7/h6-8,13,15-16H,5H2,1-4H3/t7-,8+,11+,12?/m1/s1. The molecule has 19 heavy (non-hydrogen) atoms. The van der Waals surface area contributed by atoms with Gasteiger partial charge in [-0.15, -0.1) is 0 Å². The minimum Gasteiger partial charge on any atom is -0.432 e. The number of aliphatic hydroxyl groups is 3. The highest BCUT2D eigenvalue weighted by Crippen LogP contribution is 2.71. The topological polar surface area (TPSA) is 105 Å². The second-order valence-corrected chi connectivity index (χ2v) is 5.86. The lowest BCUT2D eigenvalue weighted by Crippen LogP contribution is -2.42. The Bertz CT molecular complexity index is 394. The van der Waals surface area contributed by atoms with Gasteiger partial charge in [0.25, 0.3) is 0 Å². The largest absolute Gasteiger partial charge is 0.508 e. The number of carbonyl (C=O) groups is 1. The molecule has 2 aliphatic rings. The Balaban J connectivity index is 1.92. The normalized spacial score (nSPS) is 42.9. The molecule has 4 atom stereocenters. The molecule has 0 aromatic heterocycles. The van der Waals surface area contributed by atoms with Crippen LogP contribution in [0, 0.1) is 5.41 Å². The van der Waals surface area contributed by atoms with E-state index in [1.807, 2.05) is 0 Å². The molecule has 0 radical (unpaired) electrons. The lowest BCUT2D eigenvalue weighted by molar-refractivity contribution is -0.181. The van der Waals surface area contributed by atoms with Crippen molar-refractivity contribution in [2.75, 3.05) is 6.61 Å². The van der Waals surface area contributed by atoms with Gasteiger partial charge in [-0.2, -0.15) is 0 Å². The summed E-state index contributed by atoms with van der Waals surface area (Å²) in [5, 5.41) is 30.3. The molecule has 0 spiro atoms. The average Bonchev–Trinajstić information content (AvgIpc) is 2.50. The van der Waals surface area contributed by atoms with Crippen molar-refractivity contribution in [3.8, 4) is 0 Å². The van der Waals surface area contributed by atoms with Crippen LogP contribution < -0.4 is 0 Å². The van der Waals surface area contributed by atoms with Crippen molar-refractivity contribution in [3.63, 3.8) is 0 Å². The summed E-state index contributed by atoms with van der Waals surface area (Å²) >= 11 is 0. The molecule has 7 nitrogen and oxygen atoms in total. The maximum atomic E-state index is 11.2. The van der Waals surface area contributed by atoms with E-state index >= 15 is 0 Å². The van der Waals surface area contributed by atoms with Crippen LogP contribution in [-0.4, -0.2) is 57.8 Å². The fraction of sp³-hybridized carbons (Fsp3) is 0.917. The SMILES string of the molecule is CC(C)OC(=O)OC[C@H]1OC2(O)C(C)(C)[C@@]2(O)[C@H]1O. The first kappa shape index (κ1) is 14.5. The quantitative estimate of drug-likeness (QED) is 0.611. The van der Waals surface area contributed by atoms with Crippen LogP contribution in [0.2, 0.25) is 0 Å². The predicted octanol–water partition coefficient (Wildman–Crippen LogP) is -0.233. The number of aliphatic hydroxyl groups excluding tert-OH is 1. The molecule has 110 valence electrons. The molecular formula is C12H20O7. The van der Waals surface area contributed by atoms with Gasteiger partial charge in [-0.3, -0.25) is 0 Å². The summed E-state index contributed by atoms with van der Waals surface area (Å²) in [7, 11) is 0. The zero-order valence-electron chi connectivity index (χ0n) is 11.4. The molecule has 1 saturated carbocycles. The second kappa shape index (κ2) is 4.05. The van der Waals surface area contributed by atoms with Crippen LogP contribution in [0.15, 0.2) is 0 Å². The third-order valence-electron chi connectivity index (χ3n) is 4.05. The van der Waals surface area contributed by atoms with Crippen LogP contribution >= 0.6 is 0 Å². The summed E-state index contributed by atoms with van der Waals surface area (Å²) in [6, 6.07) is 0. The van der Waals surface area contributed by atoms with E-state index in [1.54, 1.807) is 27.7 Å². The van der Waals surface area contributed by atoms with Gasteiger partial charge >= 0.3 is 6.16 Å². The summed E-state index contributed by atoms with van der Waals surface area (Å²) < 4.78 is 14.7. The summed E-state index contributed by atoms with van der Waals surface area (Å²) in [4.78, 5) is 11.2. The van der Waals surface area contributed by atoms with E-state index in [0.29, 0.717) is 0 Å². The zero-order chi connectivity index (χ0) is 14.6. The average molecular weight is 276 g/mol. The highest BCUT2D eigenvalue weighted by molar-refractivity contribution is 5.60. The smallest absolute Gasteiger partial charge is 0.432 e. The van der Waals surface area contributed by atoms with Crippen LogP contribution in [0.5, 0.6) is 0 Å². The number of ether oxygens (including phenoxy) is 3. The fourth-order valence-corrected chi connectivity index (χ4v) is 2.68. The molecule has 1 unspecified atom stereocenters. The molecule has 1 aliphatic heterocycles. The van der Waals surface area contributed by atoms with Gasteiger partial charge in [0.1, 0.15) is 18.8 Å². The van der Waals surface area contributed by atoms with Crippen LogP contribution in [0.1, 0.15) is 27.7 Å². The third-order valence-corrected chi connectivity index (χ3v) is 4.05. The monoisotopic (exact) mass is 276 g/mol. The lowest BCUT2D eigenvalue weighted by Gasteiger charge is -2.24.